The molecule has 0 heterocycles. The number of aliphatic imine (C=N–C) groups is 2. The molecule has 0 atom stereocenters. The largest absolute Gasteiger partial charge is 0.460 e. The lowest BCUT2D eigenvalue weighted by atomic mass is 9.81. The molecule has 45 heteroatoms. The van der Waals surface area contributed by atoms with E-state index in [9.17, 15) is 164 Å². The van der Waals surface area contributed by atoms with Gasteiger partial charge in [-0.1, -0.05) is 0 Å². The summed E-state index contributed by atoms with van der Waals surface area (Å²) < 4.78 is 527. The summed E-state index contributed by atoms with van der Waals surface area (Å²) in [5.41, 5.74) is -12.4. The zero-order chi connectivity index (χ0) is 61.7. The molecule has 0 aliphatic carbocycles. The molecule has 1 amide bonds. The van der Waals surface area contributed by atoms with Crippen molar-refractivity contribution in [2.24, 2.45) is 9.98 Å². The Balaban J connectivity index is 4.34. The number of amides is 1. The Labute approximate surface area is 388 Å². The zero-order valence-corrected chi connectivity index (χ0v) is 34.2. The van der Waals surface area contributed by atoms with Gasteiger partial charge in [-0.25, -0.2) is 9.59 Å². The van der Waals surface area contributed by atoms with Crippen molar-refractivity contribution in [3.63, 3.8) is 0 Å². The molecule has 0 aliphatic rings. The number of hydrogen-bond donors (Lipinski definition) is 1. The molecule has 0 saturated heterocycles. The van der Waals surface area contributed by atoms with Crippen LogP contribution >= 0.6 is 0 Å². The number of carbonyl (C=O) groups is 2. The third-order valence-electron chi connectivity index (χ3n) is 9.52. The number of ether oxygens (including phenoxy) is 1. The Morgan fingerprint density at radius 2 is 0.684 bits per heavy atom. The third-order valence-corrected chi connectivity index (χ3v) is 9.52. The predicted octanol–water partition coefficient (Wildman–Crippen LogP) is 13.0. The number of isocyanates is 2. The first-order chi connectivity index (χ1) is 32.9. The quantitative estimate of drug-likeness (QED) is 0.0408. The highest BCUT2D eigenvalue weighted by Crippen LogP contribution is 2.71. The number of benzene rings is 1. The molecule has 0 unspecified atom stereocenters. The fourth-order valence-corrected chi connectivity index (χ4v) is 5.29. The second-order valence-electron chi connectivity index (χ2n) is 14.3. The van der Waals surface area contributed by atoms with Crippen LogP contribution in [0.4, 0.5) is 174 Å². The van der Waals surface area contributed by atoms with Gasteiger partial charge in [0.05, 0.1) is 5.56 Å². The first kappa shape index (κ1) is 68.3. The van der Waals surface area contributed by atoms with E-state index in [0.29, 0.717) is 13.0 Å². The summed E-state index contributed by atoms with van der Waals surface area (Å²) in [6, 6.07) is -0.458. The number of hydrogen-bond acceptors (Lipinski definition) is 7. The number of esters is 1. The Morgan fingerprint density at radius 1 is 0.434 bits per heavy atom. The Morgan fingerprint density at radius 3 is 0.921 bits per heavy atom. The van der Waals surface area contributed by atoms with Crippen molar-refractivity contribution in [1.82, 2.24) is 5.32 Å². The van der Waals surface area contributed by atoms with Crippen LogP contribution in [0, 0.1) is 6.92 Å². The van der Waals surface area contributed by atoms with Gasteiger partial charge in [0.1, 0.15) is 11.4 Å². The molecule has 1 aromatic carbocycles. The summed E-state index contributed by atoms with van der Waals surface area (Å²) in [6.07, 6.45) is -7.87. The lowest BCUT2D eigenvalue weighted by Gasteiger charge is -2.47. The lowest BCUT2D eigenvalue weighted by Crippen LogP contribution is -2.80. The van der Waals surface area contributed by atoms with Crippen molar-refractivity contribution in [2.45, 2.75) is 121 Å². The molecule has 76 heavy (non-hydrogen) atoms. The topological polar surface area (TPSA) is 114 Å². The first-order valence-corrected chi connectivity index (χ1v) is 17.1. The van der Waals surface area contributed by atoms with Gasteiger partial charge in [-0.3, -0.25) is 9.59 Å². The smallest absolute Gasteiger partial charge is 0.445 e. The van der Waals surface area contributed by atoms with E-state index in [1.165, 1.54) is 0 Å². The fourth-order valence-electron chi connectivity index (χ4n) is 5.29. The van der Waals surface area contributed by atoms with Gasteiger partial charge in [-0.15, -0.1) is 0 Å². The maximum Gasteiger partial charge on any atom is 0.460 e. The number of rotatable bonds is 22. The van der Waals surface area contributed by atoms with Crippen LogP contribution in [0.3, 0.4) is 0 Å². The molecule has 0 radical (unpaired) electrons. The van der Waals surface area contributed by atoms with Crippen molar-refractivity contribution in [2.75, 3.05) is 6.73 Å². The number of nitrogens with zero attached hydrogens (tertiary/aromatic N) is 2. The van der Waals surface area contributed by atoms with Crippen LogP contribution in [0.15, 0.2) is 16.1 Å². The number of halogens is 37. The molecule has 438 valence electrons. The van der Waals surface area contributed by atoms with Crippen LogP contribution in [-0.2, 0) is 25.0 Å². The van der Waals surface area contributed by atoms with Crippen LogP contribution in [0.5, 0.6) is 0 Å². The molecule has 0 bridgehead atoms. The first-order valence-electron chi connectivity index (χ1n) is 17.1. The molecule has 0 aliphatic heterocycles. The van der Waals surface area contributed by atoms with Crippen LogP contribution in [0.1, 0.15) is 28.4 Å². The Hall–Kier alpha value is -5.67. The van der Waals surface area contributed by atoms with E-state index in [1.54, 1.807) is 0 Å². The van der Waals surface area contributed by atoms with Gasteiger partial charge in [0.15, 0.2) is 6.73 Å². The summed E-state index contributed by atoms with van der Waals surface area (Å²) in [6.45, 7) is -1.59. The number of nitrogens with one attached hydrogen (secondary N) is 1. The number of carbonyl (C=O) groups excluding carboxylic acids is 4. The highest BCUT2D eigenvalue weighted by Gasteiger charge is 3.02. The SMILES string of the molecule is CC(=O)OCNC(=O)c1c(N=C=O)c(N=C=O)cc(C)c1C(F)(F)C(F)(F)C(F)(F)C(F)(F)C(F)(F)C(F)(F)C(F)(F)C(F)(F)C(F)(F)C(F)(F)C(F)(F)C(F)(F)C(F)(F)C(F)(F)C(F)(F)C(F)(F)C(F)(F)C(F)(F)F. The monoisotopic (exact) mass is 1210 g/mol. The van der Waals surface area contributed by atoms with Gasteiger partial charge >= 0.3 is 113 Å². The molecule has 0 spiro atoms. The highest BCUT2D eigenvalue weighted by molar-refractivity contribution is 6.04. The van der Waals surface area contributed by atoms with Gasteiger partial charge in [-0.05, 0) is 18.6 Å². The molecular weight excluding hydrogens is 1200 g/mol. The van der Waals surface area contributed by atoms with E-state index >= 15 is 17.6 Å². The molecule has 8 nitrogen and oxygen atoms in total. The lowest BCUT2D eigenvalue weighted by molar-refractivity contribution is -0.493. The second-order valence-corrected chi connectivity index (χ2v) is 14.3. The average molecular weight is 1210 g/mol. The van der Waals surface area contributed by atoms with Crippen molar-refractivity contribution >= 4 is 35.4 Å². The fraction of sp³-hybridized carbons (Fsp3) is 0.677. The third kappa shape index (κ3) is 8.64. The van der Waals surface area contributed by atoms with Crippen molar-refractivity contribution < 1.29 is 186 Å². The van der Waals surface area contributed by atoms with Crippen molar-refractivity contribution in [1.29, 1.82) is 0 Å². The molecule has 0 saturated carbocycles. The predicted molar refractivity (Wildman–Crippen MR) is 160 cm³/mol. The number of aryl methyl sites for hydroxylation is 1. The maximum atomic E-state index is 15.7. The van der Waals surface area contributed by atoms with E-state index in [1.807, 2.05) is 0 Å². The van der Waals surface area contributed by atoms with Gasteiger partial charge < -0.3 is 10.1 Å². The molecule has 0 fully saturated rings. The van der Waals surface area contributed by atoms with Crippen molar-refractivity contribution in [3.8, 4) is 0 Å². The molecular formula is C31H10F37N3O5. The van der Waals surface area contributed by atoms with E-state index < -0.39 is 160 Å². The summed E-state index contributed by atoms with van der Waals surface area (Å²) in [5, 5.41) is 1.02. The van der Waals surface area contributed by atoms with E-state index in [4.69, 9.17) is 0 Å². The van der Waals surface area contributed by atoms with Crippen LogP contribution in [-0.4, -0.2) is 132 Å². The van der Waals surface area contributed by atoms with Gasteiger partial charge in [0, 0.05) is 12.5 Å². The molecule has 0 aromatic heterocycles. The Bertz CT molecular complexity index is 2500. The maximum absolute atomic E-state index is 15.7. The zero-order valence-electron chi connectivity index (χ0n) is 34.2. The summed E-state index contributed by atoms with van der Waals surface area (Å²) in [7, 11) is 0. The van der Waals surface area contributed by atoms with Crippen LogP contribution < -0.4 is 5.32 Å². The van der Waals surface area contributed by atoms with Crippen LogP contribution in [0.2, 0.25) is 0 Å². The molecule has 1 aromatic rings. The minimum atomic E-state index is -10.6. The molecule has 1 N–H and O–H groups in total. The summed E-state index contributed by atoms with van der Waals surface area (Å²) in [5.74, 6) is -174. The van der Waals surface area contributed by atoms with E-state index in [0.717, 1.165) is 5.32 Å². The van der Waals surface area contributed by atoms with Gasteiger partial charge in [0.2, 0.25) is 12.2 Å². The van der Waals surface area contributed by atoms with Gasteiger partial charge in [0.25, 0.3) is 5.91 Å². The Kier molecular flexibility index (Phi) is 16.9. The highest BCUT2D eigenvalue weighted by atomic mass is 19.4. The van der Waals surface area contributed by atoms with Crippen LogP contribution in [0.25, 0.3) is 0 Å². The second kappa shape index (κ2) is 18.8. The van der Waals surface area contributed by atoms with E-state index in [-0.39, 0.29) is 13.0 Å². The summed E-state index contributed by atoms with van der Waals surface area (Å²) >= 11 is 0. The number of alkyl halides is 37. The van der Waals surface area contributed by atoms with Crippen molar-refractivity contribution in [3.05, 3.63) is 22.8 Å². The summed E-state index contributed by atoms with van der Waals surface area (Å²) in [4.78, 5) is 50.2. The molecule has 1 rings (SSSR count). The minimum Gasteiger partial charge on any atom is -0.445 e. The average Bonchev–Trinajstić information content (AvgIpc) is 3.22. The van der Waals surface area contributed by atoms with Gasteiger partial charge in [-0.2, -0.15) is 172 Å². The standard InChI is InChI=1S/C31H10F37N3O5/c1-7-3-9(69-4-72)12(70-5-73)10(13(75)71-6-76-8(2)74)11(7)14(32,33)15(34,35)16(36,37)17(38,39)18(40,41)19(42,43)20(44,45)21(46,47)22(48,49)23(50,51)24(52,53)25(54,55)26(56,57)27(58,59)28(60,61)29(62,63)30(64,65)31(66,67)68/h3H,6H2,1-2H3,(H,71,75). The normalized spacial score (nSPS) is 15.5. The van der Waals surface area contributed by atoms with E-state index in [2.05, 4.69) is 14.7 Å². The minimum absolute atomic E-state index is 0.229.